The minimum atomic E-state index is -0.431. The number of carbonyl (C=O) groups is 1. The third kappa shape index (κ3) is 3.08. The molecule has 0 saturated heterocycles. The van der Waals surface area contributed by atoms with E-state index in [0.29, 0.717) is 18.2 Å². The van der Waals surface area contributed by atoms with Crippen molar-refractivity contribution in [3.63, 3.8) is 0 Å². The first-order valence-electron chi connectivity index (χ1n) is 5.95. The van der Waals surface area contributed by atoms with Crippen LogP contribution in [0.25, 0.3) is 0 Å². The Morgan fingerprint density at radius 1 is 1.41 bits per heavy atom. The fourth-order valence-electron chi connectivity index (χ4n) is 1.39. The zero-order chi connectivity index (χ0) is 13.2. The van der Waals surface area contributed by atoms with E-state index in [4.69, 9.17) is 9.15 Å². The van der Waals surface area contributed by atoms with E-state index in [1.54, 1.807) is 6.92 Å². The molecule has 0 bridgehead atoms. The van der Waals surface area contributed by atoms with Crippen LogP contribution in [0.15, 0.2) is 4.42 Å². The van der Waals surface area contributed by atoms with Crippen LogP contribution in [0.5, 0.6) is 0 Å². The molecule has 0 spiro atoms. The van der Waals surface area contributed by atoms with Crippen LogP contribution in [0.3, 0.4) is 0 Å². The number of carbonyl (C=O) groups excluding carboxylic acids is 1. The molecule has 96 valence electrons. The number of nitrogens with zero attached hydrogens (tertiary/aromatic N) is 1. The molecular formula is C13H21NO3. The lowest BCUT2D eigenvalue weighted by Crippen LogP contribution is -2.11. The molecule has 4 nitrogen and oxygen atoms in total. The highest BCUT2D eigenvalue weighted by Crippen LogP contribution is 2.28. The third-order valence-electron chi connectivity index (χ3n) is 2.30. The van der Waals surface area contributed by atoms with Crippen LogP contribution in [-0.2, 0) is 10.2 Å². The zero-order valence-corrected chi connectivity index (χ0v) is 11.5. The van der Waals surface area contributed by atoms with Gasteiger partial charge in [-0.2, -0.15) is 0 Å². The van der Waals surface area contributed by atoms with Gasteiger partial charge in [-0.05, 0) is 12.8 Å². The summed E-state index contributed by atoms with van der Waals surface area (Å²) in [7, 11) is 0. The first-order chi connectivity index (χ1) is 7.77. The van der Waals surface area contributed by atoms with Gasteiger partial charge in [-0.3, -0.25) is 0 Å². The lowest BCUT2D eigenvalue weighted by Gasteiger charge is -2.12. The lowest BCUT2D eigenvalue weighted by atomic mass is 9.97. The van der Waals surface area contributed by atoms with Crippen molar-refractivity contribution in [1.29, 1.82) is 0 Å². The molecule has 0 aliphatic heterocycles. The molecule has 0 aliphatic rings. The fourth-order valence-corrected chi connectivity index (χ4v) is 1.39. The average molecular weight is 239 g/mol. The highest BCUT2D eigenvalue weighted by Gasteiger charge is 2.28. The summed E-state index contributed by atoms with van der Waals surface area (Å²) in [5.41, 5.74) is 0.461. The number of aromatic nitrogens is 1. The van der Waals surface area contributed by atoms with Crippen LogP contribution in [0.2, 0.25) is 0 Å². The largest absolute Gasteiger partial charge is 0.460 e. The molecular weight excluding hydrogens is 218 g/mol. The molecule has 0 radical (unpaired) electrons. The maximum Gasteiger partial charge on any atom is 0.376 e. The summed E-state index contributed by atoms with van der Waals surface area (Å²) in [6.45, 7) is 12.1. The van der Waals surface area contributed by atoms with Crippen LogP contribution in [0.1, 0.15) is 69.6 Å². The molecule has 0 aromatic carbocycles. The Hall–Kier alpha value is -1.32. The van der Waals surface area contributed by atoms with Crippen molar-refractivity contribution < 1.29 is 13.9 Å². The van der Waals surface area contributed by atoms with E-state index >= 15 is 0 Å². The average Bonchev–Trinajstić information content (AvgIpc) is 2.61. The van der Waals surface area contributed by atoms with E-state index in [0.717, 1.165) is 0 Å². The molecule has 1 aromatic rings. The molecule has 1 aromatic heterocycles. The van der Waals surface area contributed by atoms with Crippen molar-refractivity contribution in [2.24, 2.45) is 0 Å². The molecule has 0 N–H and O–H groups in total. The highest BCUT2D eigenvalue weighted by molar-refractivity contribution is 5.87. The Morgan fingerprint density at radius 2 is 2.00 bits per heavy atom. The first-order valence-corrected chi connectivity index (χ1v) is 5.95. The molecule has 0 saturated carbocycles. The van der Waals surface area contributed by atoms with Crippen LogP contribution < -0.4 is 0 Å². The van der Waals surface area contributed by atoms with Crippen LogP contribution >= 0.6 is 0 Å². The summed E-state index contributed by atoms with van der Waals surface area (Å²) < 4.78 is 10.5. The Morgan fingerprint density at radius 3 is 2.41 bits per heavy atom. The van der Waals surface area contributed by atoms with Crippen LogP contribution in [0.4, 0.5) is 0 Å². The van der Waals surface area contributed by atoms with E-state index in [-0.39, 0.29) is 17.1 Å². The van der Waals surface area contributed by atoms with Gasteiger partial charge in [0.05, 0.1) is 12.3 Å². The second-order valence-corrected chi connectivity index (χ2v) is 5.36. The highest BCUT2D eigenvalue weighted by atomic mass is 16.5. The Bertz CT molecular complexity index is 399. The van der Waals surface area contributed by atoms with E-state index in [1.807, 2.05) is 34.6 Å². The number of hydrogen-bond donors (Lipinski definition) is 0. The van der Waals surface area contributed by atoms with E-state index in [9.17, 15) is 4.79 Å². The zero-order valence-electron chi connectivity index (χ0n) is 11.5. The van der Waals surface area contributed by atoms with Gasteiger partial charge in [0.15, 0.2) is 0 Å². The van der Waals surface area contributed by atoms with Crippen molar-refractivity contribution in [2.75, 3.05) is 6.61 Å². The molecule has 17 heavy (non-hydrogen) atoms. The van der Waals surface area contributed by atoms with Gasteiger partial charge in [0.25, 0.3) is 0 Å². The van der Waals surface area contributed by atoms with Gasteiger partial charge >= 0.3 is 5.97 Å². The predicted molar refractivity (Wildman–Crippen MR) is 65.2 cm³/mol. The Balaban J connectivity index is 3.19. The maximum absolute atomic E-state index is 11.8. The topological polar surface area (TPSA) is 52.3 Å². The molecule has 0 fully saturated rings. The fraction of sp³-hybridized carbons (Fsp3) is 0.692. The molecule has 4 heteroatoms. The summed E-state index contributed by atoms with van der Waals surface area (Å²) in [6.07, 6.45) is 0. The summed E-state index contributed by atoms with van der Waals surface area (Å²) in [5, 5.41) is 0. The number of esters is 1. The molecule has 0 amide bonds. The second-order valence-electron chi connectivity index (χ2n) is 5.36. The van der Waals surface area contributed by atoms with E-state index in [1.165, 1.54) is 0 Å². The van der Waals surface area contributed by atoms with Crippen molar-refractivity contribution in [3.05, 3.63) is 17.3 Å². The first kappa shape index (κ1) is 13.7. The Kier molecular flexibility index (Phi) is 3.96. The summed E-state index contributed by atoms with van der Waals surface area (Å²) in [5.74, 6) is 0.518. The van der Waals surface area contributed by atoms with Crippen molar-refractivity contribution >= 4 is 5.97 Å². The summed E-state index contributed by atoms with van der Waals surface area (Å²) >= 11 is 0. The molecule has 0 unspecified atom stereocenters. The smallest absolute Gasteiger partial charge is 0.376 e. The van der Waals surface area contributed by atoms with E-state index in [2.05, 4.69) is 4.98 Å². The minimum Gasteiger partial charge on any atom is -0.460 e. The van der Waals surface area contributed by atoms with Gasteiger partial charge in [0, 0.05) is 5.41 Å². The van der Waals surface area contributed by atoms with Gasteiger partial charge in [-0.1, -0.05) is 34.6 Å². The van der Waals surface area contributed by atoms with Crippen molar-refractivity contribution in [2.45, 2.75) is 52.9 Å². The molecule has 1 heterocycles. The van der Waals surface area contributed by atoms with E-state index < -0.39 is 5.97 Å². The monoisotopic (exact) mass is 239 g/mol. The Labute approximate surface area is 102 Å². The SMILES string of the molecule is CCOC(=O)c1oc(C(C)(C)C)nc1C(C)C. The number of hydrogen-bond acceptors (Lipinski definition) is 4. The predicted octanol–water partition coefficient (Wildman–Crippen LogP) is 3.27. The van der Waals surface area contributed by atoms with Crippen LogP contribution in [-0.4, -0.2) is 17.6 Å². The second kappa shape index (κ2) is 4.90. The maximum atomic E-state index is 11.8. The van der Waals surface area contributed by atoms with Crippen molar-refractivity contribution in [1.82, 2.24) is 4.98 Å². The van der Waals surface area contributed by atoms with Crippen LogP contribution in [0, 0.1) is 0 Å². The third-order valence-corrected chi connectivity index (χ3v) is 2.30. The quantitative estimate of drug-likeness (QED) is 0.759. The standard InChI is InChI=1S/C13H21NO3/c1-7-16-11(15)10-9(8(2)3)14-12(17-10)13(4,5)6/h8H,7H2,1-6H3. The van der Waals surface area contributed by atoms with Gasteiger partial charge < -0.3 is 9.15 Å². The van der Waals surface area contributed by atoms with Gasteiger partial charge in [-0.15, -0.1) is 0 Å². The number of oxazole rings is 1. The number of ether oxygens (including phenoxy) is 1. The normalized spacial score (nSPS) is 11.9. The van der Waals surface area contributed by atoms with Gasteiger partial charge in [0.2, 0.25) is 11.7 Å². The van der Waals surface area contributed by atoms with Gasteiger partial charge in [-0.25, -0.2) is 9.78 Å². The summed E-state index contributed by atoms with van der Waals surface area (Å²) in [4.78, 5) is 16.2. The van der Waals surface area contributed by atoms with Gasteiger partial charge in [0.1, 0.15) is 0 Å². The summed E-state index contributed by atoms with van der Waals surface area (Å²) in [6, 6.07) is 0. The van der Waals surface area contributed by atoms with Crippen molar-refractivity contribution in [3.8, 4) is 0 Å². The molecule has 1 rings (SSSR count). The minimum absolute atomic E-state index is 0.134. The lowest BCUT2D eigenvalue weighted by molar-refractivity contribution is 0.0484. The number of rotatable bonds is 3. The molecule has 0 aliphatic carbocycles. The molecule has 0 atom stereocenters.